The molecule has 94 valence electrons. The third-order valence-electron chi connectivity index (χ3n) is 3.74. The van der Waals surface area contributed by atoms with Crippen molar-refractivity contribution in [2.45, 2.75) is 37.2 Å². The van der Waals surface area contributed by atoms with Gasteiger partial charge in [-0.05, 0) is 43.4 Å². The van der Waals surface area contributed by atoms with E-state index in [1.54, 1.807) is 6.07 Å². The van der Waals surface area contributed by atoms with Gasteiger partial charge in [0.1, 0.15) is 0 Å². The summed E-state index contributed by atoms with van der Waals surface area (Å²) < 4.78 is 0. The third-order valence-corrected chi connectivity index (χ3v) is 4.48. The van der Waals surface area contributed by atoms with Gasteiger partial charge in [-0.1, -0.05) is 29.3 Å². The quantitative estimate of drug-likeness (QED) is 0.870. The SMILES string of the molecule is NC[C@]1(c2ccc(Cl)c(Cl)c2)CCC[C@H](O)C1. The average molecular weight is 274 g/mol. The molecule has 2 atom stereocenters. The number of aliphatic hydroxyl groups excluding tert-OH is 1. The molecule has 1 saturated carbocycles. The van der Waals surface area contributed by atoms with Gasteiger partial charge in [0.15, 0.2) is 0 Å². The van der Waals surface area contributed by atoms with Crippen LogP contribution in [-0.4, -0.2) is 17.8 Å². The van der Waals surface area contributed by atoms with E-state index in [0.29, 0.717) is 23.0 Å². The smallest absolute Gasteiger partial charge is 0.0595 e. The van der Waals surface area contributed by atoms with E-state index in [2.05, 4.69) is 0 Å². The first-order valence-electron chi connectivity index (χ1n) is 5.91. The van der Waals surface area contributed by atoms with Crippen molar-refractivity contribution in [3.05, 3.63) is 33.8 Å². The Hall–Kier alpha value is -0.280. The highest BCUT2D eigenvalue weighted by molar-refractivity contribution is 6.42. The van der Waals surface area contributed by atoms with Gasteiger partial charge < -0.3 is 10.8 Å². The molecule has 0 heterocycles. The standard InChI is InChI=1S/C13H17Cl2NO/c14-11-4-3-9(6-12(11)15)13(8-16)5-1-2-10(17)7-13/h3-4,6,10,17H,1-2,5,7-8,16H2/t10-,13-/m0/s1. The van der Waals surface area contributed by atoms with E-state index in [1.165, 1.54) is 0 Å². The maximum absolute atomic E-state index is 9.85. The summed E-state index contributed by atoms with van der Waals surface area (Å²) in [5.41, 5.74) is 6.88. The Balaban J connectivity index is 2.36. The summed E-state index contributed by atoms with van der Waals surface area (Å²) in [7, 11) is 0. The molecule has 1 aromatic carbocycles. The van der Waals surface area contributed by atoms with Crippen molar-refractivity contribution in [3.63, 3.8) is 0 Å². The molecule has 2 rings (SSSR count). The first-order valence-corrected chi connectivity index (χ1v) is 6.67. The summed E-state index contributed by atoms with van der Waals surface area (Å²) in [5, 5.41) is 11.0. The van der Waals surface area contributed by atoms with E-state index in [9.17, 15) is 5.11 Å². The second-order valence-electron chi connectivity index (χ2n) is 4.86. The molecule has 0 saturated heterocycles. The van der Waals surface area contributed by atoms with E-state index < -0.39 is 0 Å². The van der Waals surface area contributed by atoms with Crippen LogP contribution in [0.2, 0.25) is 10.0 Å². The maximum atomic E-state index is 9.85. The number of hydrogen-bond donors (Lipinski definition) is 2. The van der Waals surface area contributed by atoms with Gasteiger partial charge in [-0.3, -0.25) is 0 Å². The van der Waals surface area contributed by atoms with Crippen LogP contribution >= 0.6 is 23.2 Å². The van der Waals surface area contributed by atoms with Crippen molar-refractivity contribution in [3.8, 4) is 0 Å². The minimum absolute atomic E-state index is 0.147. The van der Waals surface area contributed by atoms with Gasteiger partial charge in [-0.15, -0.1) is 0 Å². The van der Waals surface area contributed by atoms with E-state index >= 15 is 0 Å². The molecule has 0 spiro atoms. The van der Waals surface area contributed by atoms with E-state index in [4.69, 9.17) is 28.9 Å². The third kappa shape index (κ3) is 2.60. The molecule has 3 N–H and O–H groups in total. The topological polar surface area (TPSA) is 46.2 Å². The van der Waals surface area contributed by atoms with Crippen LogP contribution in [0.4, 0.5) is 0 Å². The van der Waals surface area contributed by atoms with E-state index in [1.807, 2.05) is 12.1 Å². The van der Waals surface area contributed by atoms with E-state index in [-0.39, 0.29) is 11.5 Å². The summed E-state index contributed by atoms with van der Waals surface area (Å²) in [6.45, 7) is 0.530. The molecular weight excluding hydrogens is 257 g/mol. The highest BCUT2D eigenvalue weighted by atomic mass is 35.5. The van der Waals surface area contributed by atoms with Crippen molar-refractivity contribution >= 4 is 23.2 Å². The summed E-state index contributed by atoms with van der Waals surface area (Å²) in [6, 6.07) is 5.66. The lowest BCUT2D eigenvalue weighted by molar-refractivity contribution is 0.0871. The zero-order chi connectivity index (χ0) is 12.5. The Bertz CT molecular complexity index is 410. The molecule has 0 aliphatic heterocycles. The number of hydrogen-bond acceptors (Lipinski definition) is 2. The van der Waals surface area contributed by atoms with Gasteiger partial charge in [0.2, 0.25) is 0 Å². The average Bonchev–Trinajstić information content (AvgIpc) is 2.32. The fourth-order valence-corrected chi connectivity index (χ4v) is 3.02. The second kappa shape index (κ2) is 5.15. The van der Waals surface area contributed by atoms with Crippen molar-refractivity contribution in [2.24, 2.45) is 5.73 Å². The number of nitrogens with two attached hydrogens (primary N) is 1. The maximum Gasteiger partial charge on any atom is 0.0595 e. The zero-order valence-electron chi connectivity index (χ0n) is 9.63. The number of benzene rings is 1. The Morgan fingerprint density at radius 1 is 1.35 bits per heavy atom. The van der Waals surface area contributed by atoms with Gasteiger partial charge in [0.05, 0.1) is 16.1 Å². The Kier molecular flexibility index (Phi) is 3.99. The number of halogens is 2. The first kappa shape index (κ1) is 13.2. The summed E-state index contributed by atoms with van der Waals surface area (Å²) in [5.74, 6) is 0. The first-order chi connectivity index (χ1) is 8.07. The monoisotopic (exact) mass is 273 g/mol. The van der Waals surface area contributed by atoms with Crippen LogP contribution in [0.15, 0.2) is 18.2 Å². The zero-order valence-corrected chi connectivity index (χ0v) is 11.1. The van der Waals surface area contributed by atoms with Crippen LogP contribution in [0.25, 0.3) is 0 Å². The van der Waals surface area contributed by atoms with Crippen LogP contribution in [-0.2, 0) is 5.41 Å². The molecule has 0 aromatic heterocycles. The highest BCUT2D eigenvalue weighted by Crippen LogP contribution is 2.40. The molecule has 0 bridgehead atoms. The van der Waals surface area contributed by atoms with Gasteiger partial charge in [-0.2, -0.15) is 0 Å². The van der Waals surface area contributed by atoms with Gasteiger partial charge in [0, 0.05) is 12.0 Å². The lowest BCUT2D eigenvalue weighted by atomic mass is 9.68. The van der Waals surface area contributed by atoms with Crippen molar-refractivity contribution in [1.29, 1.82) is 0 Å². The van der Waals surface area contributed by atoms with Crippen LogP contribution in [0.1, 0.15) is 31.2 Å². The minimum Gasteiger partial charge on any atom is -0.393 e. The Morgan fingerprint density at radius 3 is 2.71 bits per heavy atom. The number of aliphatic hydroxyl groups is 1. The second-order valence-corrected chi connectivity index (χ2v) is 5.68. The van der Waals surface area contributed by atoms with Gasteiger partial charge in [-0.25, -0.2) is 0 Å². The molecule has 0 unspecified atom stereocenters. The predicted octanol–water partition coefficient (Wildman–Crippen LogP) is 3.12. The largest absolute Gasteiger partial charge is 0.393 e. The molecule has 1 aliphatic rings. The molecular formula is C13H17Cl2NO. The molecule has 0 radical (unpaired) electrons. The van der Waals surface area contributed by atoms with Gasteiger partial charge in [0.25, 0.3) is 0 Å². The van der Waals surface area contributed by atoms with Crippen molar-refractivity contribution in [2.75, 3.05) is 6.54 Å². The summed E-state index contributed by atoms with van der Waals surface area (Å²) in [6.07, 6.45) is 3.31. The number of rotatable bonds is 2. The fourth-order valence-electron chi connectivity index (χ4n) is 2.72. The molecule has 1 fully saturated rings. The predicted molar refractivity (Wildman–Crippen MR) is 71.7 cm³/mol. The molecule has 4 heteroatoms. The van der Waals surface area contributed by atoms with Gasteiger partial charge >= 0.3 is 0 Å². The molecule has 1 aliphatic carbocycles. The lowest BCUT2D eigenvalue weighted by Crippen LogP contribution is -2.41. The Morgan fingerprint density at radius 2 is 2.12 bits per heavy atom. The van der Waals surface area contributed by atoms with Crippen LogP contribution in [0.3, 0.4) is 0 Å². The molecule has 1 aromatic rings. The van der Waals surface area contributed by atoms with Crippen molar-refractivity contribution in [1.82, 2.24) is 0 Å². The minimum atomic E-state index is -0.262. The van der Waals surface area contributed by atoms with Crippen LogP contribution < -0.4 is 5.73 Å². The molecule has 2 nitrogen and oxygen atoms in total. The summed E-state index contributed by atoms with van der Waals surface area (Å²) in [4.78, 5) is 0. The Labute approximate surface area is 112 Å². The van der Waals surface area contributed by atoms with E-state index in [0.717, 1.165) is 24.8 Å². The summed E-state index contributed by atoms with van der Waals surface area (Å²) >= 11 is 12.0. The van der Waals surface area contributed by atoms with Crippen LogP contribution in [0.5, 0.6) is 0 Å². The normalized spacial score (nSPS) is 29.3. The lowest BCUT2D eigenvalue weighted by Gasteiger charge is -2.39. The molecule has 0 amide bonds. The van der Waals surface area contributed by atoms with Crippen molar-refractivity contribution < 1.29 is 5.11 Å². The van der Waals surface area contributed by atoms with Crippen LogP contribution in [0, 0.1) is 0 Å². The molecule has 17 heavy (non-hydrogen) atoms. The fraction of sp³-hybridized carbons (Fsp3) is 0.538. The highest BCUT2D eigenvalue weighted by Gasteiger charge is 2.36.